The normalized spacial score (nSPS) is 17.2. The van der Waals surface area contributed by atoms with Gasteiger partial charge in [-0.2, -0.15) is 0 Å². The minimum Gasteiger partial charge on any atom is -0.492 e. The number of aromatic hydroxyl groups is 2. The lowest BCUT2D eigenvalue weighted by atomic mass is 10.0. The van der Waals surface area contributed by atoms with Gasteiger partial charge in [-0.1, -0.05) is 0 Å². The van der Waals surface area contributed by atoms with E-state index in [9.17, 15) is 34.2 Å². The highest BCUT2D eigenvalue weighted by molar-refractivity contribution is 5.78. The second-order valence-electron chi connectivity index (χ2n) is 17.4. The fourth-order valence-electron chi connectivity index (χ4n) is 5.98. The molecule has 1 fully saturated rings. The zero-order chi connectivity index (χ0) is 42.3. The summed E-state index contributed by atoms with van der Waals surface area (Å²) in [5.41, 5.74) is -2.92. The number of carbonyl (C=O) groups excluding carboxylic acids is 5. The molecular formula is C39H67N5O12. The van der Waals surface area contributed by atoms with Gasteiger partial charge in [0.15, 0.2) is 0 Å². The highest BCUT2D eigenvalue weighted by Crippen LogP contribution is 2.21. The number of nitrogens with zero attached hydrogens (tertiary/aromatic N) is 5. The Bertz CT molecular complexity index is 1400. The van der Waals surface area contributed by atoms with Crippen molar-refractivity contribution in [2.24, 2.45) is 0 Å². The Morgan fingerprint density at radius 2 is 1.09 bits per heavy atom. The number of esters is 2. The highest BCUT2D eigenvalue weighted by Gasteiger charge is 2.33. The molecule has 1 unspecified atom stereocenters. The summed E-state index contributed by atoms with van der Waals surface area (Å²) in [6, 6.07) is 1.44. The smallest absolute Gasteiger partial charge is 0.333 e. The SMILES string of the molecule is CC(C)(C)OC(=O)CN1CCN(CCC(C)(C)OC=O)CCN(CCC(C)(C)OC=O)CCN(C(CCC(=O)On2c(O)ccc2O)C(=O)OC(C)(C)C)CC1. The van der Waals surface area contributed by atoms with Crippen LogP contribution in [0.25, 0.3) is 0 Å². The van der Waals surface area contributed by atoms with E-state index in [-0.39, 0.29) is 19.4 Å². The molecule has 1 atom stereocenters. The molecule has 1 saturated heterocycles. The van der Waals surface area contributed by atoms with Crippen LogP contribution in [0, 0.1) is 0 Å². The van der Waals surface area contributed by atoms with Crippen molar-refractivity contribution in [3.05, 3.63) is 12.1 Å². The quantitative estimate of drug-likeness (QED) is 0.125. The fourth-order valence-corrected chi connectivity index (χ4v) is 5.98. The summed E-state index contributed by atoms with van der Waals surface area (Å²) in [7, 11) is 0. The van der Waals surface area contributed by atoms with E-state index in [1.54, 1.807) is 41.5 Å². The third kappa shape index (κ3) is 18.8. The lowest BCUT2D eigenvalue weighted by Crippen LogP contribution is -2.52. The molecule has 17 heteroatoms. The van der Waals surface area contributed by atoms with E-state index in [0.29, 0.717) is 96.0 Å². The van der Waals surface area contributed by atoms with Crippen molar-refractivity contribution in [1.29, 1.82) is 0 Å². The highest BCUT2D eigenvalue weighted by atomic mass is 16.7. The Kier molecular flexibility index (Phi) is 18.6. The summed E-state index contributed by atoms with van der Waals surface area (Å²) in [5, 5.41) is 20.0. The Hall–Kier alpha value is -3.93. The summed E-state index contributed by atoms with van der Waals surface area (Å²) in [5.74, 6) is -2.65. The molecule has 0 spiro atoms. The van der Waals surface area contributed by atoms with Gasteiger partial charge < -0.3 is 43.8 Å². The van der Waals surface area contributed by atoms with Crippen LogP contribution in [0.5, 0.6) is 11.8 Å². The first-order valence-electron chi connectivity index (χ1n) is 19.3. The van der Waals surface area contributed by atoms with Gasteiger partial charge in [0.1, 0.15) is 28.4 Å². The third-order valence-electron chi connectivity index (χ3n) is 9.17. The number of hydrogen-bond donors (Lipinski definition) is 2. The molecule has 1 aliphatic heterocycles. The molecular weight excluding hydrogens is 730 g/mol. The average Bonchev–Trinajstić information content (AvgIpc) is 3.36. The van der Waals surface area contributed by atoms with Crippen LogP contribution in [-0.2, 0) is 42.9 Å². The first-order valence-corrected chi connectivity index (χ1v) is 19.3. The molecule has 2 heterocycles. The molecule has 0 radical (unpaired) electrons. The minimum absolute atomic E-state index is 0.00389. The van der Waals surface area contributed by atoms with Crippen LogP contribution in [0.4, 0.5) is 0 Å². The van der Waals surface area contributed by atoms with Crippen LogP contribution in [0.3, 0.4) is 0 Å². The zero-order valence-corrected chi connectivity index (χ0v) is 35.2. The van der Waals surface area contributed by atoms with Crippen LogP contribution >= 0.6 is 0 Å². The molecule has 1 aromatic rings. The van der Waals surface area contributed by atoms with Gasteiger partial charge >= 0.3 is 17.9 Å². The van der Waals surface area contributed by atoms with Crippen LogP contribution in [0.1, 0.15) is 94.9 Å². The van der Waals surface area contributed by atoms with Crippen LogP contribution in [0.2, 0.25) is 0 Å². The summed E-state index contributed by atoms with van der Waals surface area (Å²) in [4.78, 5) is 76.1. The lowest BCUT2D eigenvalue weighted by Gasteiger charge is -2.38. The van der Waals surface area contributed by atoms with Crippen LogP contribution < -0.4 is 4.84 Å². The number of aromatic nitrogens is 1. The molecule has 56 heavy (non-hydrogen) atoms. The van der Waals surface area contributed by atoms with Crippen molar-refractivity contribution in [2.75, 3.05) is 72.0 Å². The third-order valence-corrected chi connectivity index (χ3v) is 9.17. The number of hydrogen-bond acceptors (Lipinski definition) is 16. The topological polar surface area (TPSA) is 190 Å². The maximum absolute atomic E-state index is 13.9. The summed E-state index contributed by atoms with van der Waals surface area (Å²) in [6.07, 6.45) is 0.861. The lowest BCUT2D eigenvalue weighted by molar-refractivity contribution is -0.163. The monoisotopic (exact) mass is 797 g/mol. The molecule has 0 saturated carbocycles. The molecule has 0 amide bonds. The van der Waals surface area contributed by atoms with E-state index in [0.717, 1.165) is 0 Å². The Balaban J connectivity index is 2.49. The van der Waals surface area contributed by atoms with Crippen molar-refractivity contribution >= 4 is 30.9 Å². The number of carbonyl (C=O) groups is 5. The predicted molar refractivity (Wildman–Crippen MR) is 207 cm³/mol. The van der Waals surface area contributed by atoms with Gasteiger partial charge in [-0.15, -0.1) is 4.73 Å². The maximum Gasteiger partial charge on any atom is 0.333 e. The molecule has 0 aliphatic carbocycles. The van der Waals surface area contributed by atoms with E-state index in [4.69, 9.17) is 23.8 Å². The van der Waals surface area contributed by atoms with Crippen molar-refractivity contribution < 1.29 is 58.0 Å². The van der Waals surface area contributed by atoms with E-state index in [1.165, 1.54) is 12.1 Å². The number of ether oxygens (including phenoxy) is 4. The molecule has 2 N–H and O–H groups in total. The Morgan fingerprint density at radius 1 is 0.661 bits per heavy atom. The minimum atomic E-state index is -0.909. The predicted octanol–water partition coefficient (Wildman–Crippen LogP) is 2.59. The number of rotatable bonds is 18. The molecule has 2 rings (SSSR count). The van der Waals surface area contributed by atoms with E-state index in [1.807, 2.05) is 37.5 Å². The van der Waals surface area contributed by atoms with Gasteiger partial charge in [0, 0.05) is 77.6 Å². The van der Waals surface area contributed by atoms with Crippen molar-refractivity contribution in [3.8, 4) is 11.8 Å². The summed E-state index contributed by atoms with van der Waals surface area (Å²) >= 11 is 0. The average molecular weight is 798 g/mol. The van der Waals surface area contributed by atoms with E-state index >= 15 is 0 Å². The van der Waals surface area contributed by atoms with Gasteiger partial charge in [-0.05, 0) is 88.5 Å². The van der Waals surface area contributed by atoms with E-state index in [2.05, 4.69) is 9.80 Å². The van der Waals surface area contributed by atoms with Gasteiger partial charge in [-0.3, -0.25) is 29.0 Å². The molecule has 0 aromatic carbocycles. The molecule has 17 nitrogen and oxygen atoms in total. The van der Waals surface area contributed by atoms with Gasteiger partial charge in [-0.25, -0.2) is 4.79 Å². The largest absolute Gasteiger partial charge is 0.492 e. The first-order chi connectivity index (χ1) is 25.9. The fraction of sp³-hybridized carbons (Fsp3) is 0.769. The molecule has 320 valence electrons. The zero-order valence-electron chi connectivity index (χ0n) is 35.2. The standard InChI is InChI=1S/C39H67N5O12/c1-36(2,3)54-34(50)27-42-22-21-40(17-15-38(7,8)52-28-45)19-20-41(18-16-39(9,10)53-29-46)23-25-43(26-24-42)30(35(51)55-37(4,5)6)11-14-33(49)56-44-31(47)12-13-32(44)48/h12-13,28-30,47-48H,11,14-27H2,1-10H3. The molecule has 1 aliphatic rings. The van der Waals surface area contributed by atoms with Crippen LogP contribution in [-0.4, -0.2) is 166 Å². The van der Waals surface area contributed by atoms with Crippen molar-refractivity contribution in [2.45, 2.75) is 123 Å². The second-order valence-corrected chi connectivity index (χ2v) is 17.4. The van der Waals surface area contributed by atoms with Gasteiger partial charge in [0.25, 0.3) is 12.9 Å². The second kappa shape index (κ2) is 21.6. The van der Waals surface area contributed by atoms with Crippen molar-refractivity contribution in [1.82, 2.24) is 24.3 Å². The summed E-state index contributed by atoms with van der Waals surface area (Å²) < 4.78 is 22.8. The Labute approximate surface area is 332 Å². The Morgan fingerprint density at radius 3 is 1.54 bits per heavy atom. The van der Waals surface area contributed by atoms with E-state index < -0.39 is 58.1 Å². The first kappa shape index (κ1) is 48.2. The molecule has 1 aromatic heterocycles. The maximum atomic E-state index is 13.9. The van der Waals surface area contributed by atoms with Crippen LogP contribution in [0.15, 0.2) is 12.1 Å². The molecule has 0 bridgehead atoms. The van der Waals surface area contributed by atoms with Crippen molar-refractivity contribution in [3.63, 3.8) is 0 Å². The summed E-state index contributed by atoms with van der Waals surface area (Å²) in [6.45, 7) is 24.0. The van der Waals surface area contributed by atoms with Gasteiger partial charge in [0.2, 0.25) is 11.8 Å². The van der Waals surface area contributed by atoms with Gasteiger partial charge in [0.05, 0.1) is 13.0 Å².